The third-order valence-electron chi connectivity index (χ3n) is 12.5. The van der Waals surface area contributed by atoms with Gasteiger partial charge in [0.2, 0.25) is 0 Å². The molecule has 0 aliphatic rings. The first-order valence-corrected chi connectivity index (χ1v) is 21.2. The summed E-state index contributed by atoms with van der Waals surface area (Å²) in [5.74, 6) is 0. The van der Waals surface area contributed by atoms with E-state index in [1.807, 2.05) is 0 Å². The SMILES string of the molecule is N#Cc1c(-n2c3ccccc3c3ccc(-c4ccc(C(F)(F)F)cc4C(F)(F)F)cc32)ccc(-c2cccc(C(F)(F)F)c2)c1-n1c2ccccc2c2ccc(-c3ccc(C(F)(F)F)cc3C(F)(F)F)cc21. The molecule has 362 valence electrons. The number of benzene rings is 8. The maximum absolute atomic E-state index is 14.7. The fraction of sp³-hybridized carbons (Fsp3) is 0.0926. The number of alkyl halides is 15. The summed E-state index contributed by atoms with van der Waals surface area (Å²) in [7, 11) is 0. The predicted octanol–water partition coefficient (Wildman–Crippen LogP) is 17.8. The van der Waals surface area contributed by atoms with Crippen LogP contribution in [0.25, 0.3) is 88.4 Å². The van der Waals surface area contributed by atoms with E-state index in [0.29, 0.717) is 51.3 Å². The van der Waals surface area contributed by atoms with Crippen molar-refractivity contribution in [3.63, 3.8) is 0 Å². The van der Waals surface area contributed by atoms with Crippen molar-refractivity contribution in [2.75, 3.05) is 0 Å². The predicted molar refractivity (Wildman–Crippen MR) is 241 cm³/mol. The summed E-state index contributed by atoms with van der Waals surface area (Å²) in [5.41, 5.74) is -8.71. The first-order chi connectivity index (χ1) is 33.8. The van der Waals surface area contributed by atoms with E-state index in [1.54, 1.807) is 48.5 Å². The molecular weight excluding hydrogens is 976 g/mol. The number of hydrogen-bond acceptors (Lipinski definition) is 1. The molecule has 2 aromatic heterocycles. The number of nitriles is 1. The maximum atomic E-state index is 14.7. The van der Waals surface area contributed by atoms with Crippen LogP contribution >= 0.6 is 0 Å². The molecule has 0 unspecified atom stereocenters. The van der Waals surface area contributed by atoms with Gasteiger partial charge < -0.3 is 9.13 Å². The number of aromatic nitrogens is 2. The Balaban J connectivity index is 1.32. The smallest absolute Gasteiger partial charge is 0.308 e. The molecule has 0 atom stereocenters. The van der Waals surface area contributed by atoms with Crippen LogP contribution in [0, 0.1) is 11.3 Å². The average molecular weight is 1000 g/mol. The molecule has 3 nitrogen and oxygen atoms in total. The minimum absolute atomic E-state index is 0.000277. The third kappa shape index (κ3) is 8.02. The molecule has 0 radical (unpaired) electrons. The molecule has 0 bridgehead atoms. The van der Waals surface area contributed by atoms with E-state index in [4.69, 9.17) is 0 Å². The molecule has 0 saturated heterocycles. The minimum Gasteiger partial charge on any atom is -0.308 e. The van der Waals surface area contributed by atoms with Crippen LogP contribution < -0.4 is 0 Å². The van der Waals surface area contributed by atoms with Gasteiger partial charge in [-0.15, -0.1) is 0 Å². The first-order valence-electron chi connectivity index (χ1n) is 21.2. The van der Waals surface area contributed by atoms with Crippen LogP contribution in [0.2, 0.25) is 0 Å². The lowest BCUT2D eigenvalue weighted by atomic mass is 9.95. The summed E-state index contributed by atoms with van der Waals surface area (Å²) in [6.07, 6.45) is -25.7. The molecular formula is C54H26F15N3. The molecule has 0 N–H and O–H groups in total. The third-order valence-corrected chi connectivity index (χ3v) is 12.5. The van der Waals surface area contributed by atoms with Crippen LogP contribution in [0.1, 0.15) is 33.4 Å². The van der Waals surface area contributed by atoms with Crippen molar-refractivity contribution in [2.45, 2.75) is 30.9 Å². The van der Waals surface area contributed by atoms with Crippen molar-refractivity contribution in [1.82, 2.24) is 9.13 Å². The Morgan fingerprint density at radius 2 is 0.750 bits per heavy atom. The number of hydrogen-bond donors (Lipinski definition) is 0. The first kappa shape index (κ1) is 47.5. The Morgan fingerprint density at radius 3 is 1.22 bits per heavy atom. The lowest BCUT2D eigenvalue weighted by Crippen LogP contribution is -2.12. The van der Waals surface area contributed by atoms with Crippen molar-refractivity contribution >= 4 is 43.6 Å². The zero-order chi connectivity index (χ0) is 51.4. The summed E-state index contributed by atoms with van der Waals surface area (Å²) in [6, 6.07) is 32.4. The standard InChI is InChI=1S/C54H26F15N3/c55-50(56,57)31-7-5-6-28(22-31)36-20-21-46(71-44-10-3-1-8-37(44)39-16-12-29(23-47(39)71)34-18-14-32(51(58,59)60)25-42(34)53(64,65)66)41(27-70)49(36)72-45-11-4-2-9-38(45)40-17-13-30(24-48(40)72)35-19-15-33(52(61,62)63)26-43(35)54(67,68)69/h1-26H. The van der Waals surface area contributed by atoms with Crippen LogP contribution in [-0.2, 0) is 30.9 Å². The van der Waals surface area contributed by atoms with Gasteiger partial charge in [0.1, 0.15) is 11.6 Å². The van der Waals surface area contributed by atoms with Gasteiger partial charge in [0.05, 0.1) is 61.3 Å². The van der Waals surface area contributed by atoms with Crippen molar-refractivity contribution in [3.05, 3.63) is 191 Å². The second-order valence-electron chi connectivity index (χ2n) is 16.7. The fourth-order valence-electron chi connectivity index (χ4n) is 9.40. The van der Waals surface area contributed by atoms with Gasteiger partial charge in [0.15, 0.2) is 0 Å². The Morgan fingerprint density at radius 1 is 0.333 bits per heavy atom. The van der Waals surface area contributed by atoms with Gasteiger partial charge in [-0.3, -0.25) is 0 Å². The molecule has 0 amide bonds. The quantitative estimate of drug-likeness (QED) is 0.158. The van der Waals surface area contributed by atoms with Gasteiger partial charge in [-0.05, 0) is 94.5 Å². The second kappa shape index (κ2) is 16.4. The summed E-state index contributed by atoms with van der Waals surface area (Å²) in [4.78, 5) is 0. The maximum Gasteiger partial charge on any atom is 0.417 e. The summed E-state index contributed by atoms with van der Waals surface area (Å²) in [6.45, 7) is 0. The Labute approximate surface area is 395 Å². The number of halogens is 15. The molecule has 0 spiro atoms. The van der Waals surface area contributed by atoms with Gasteiger partial charge in [0, 0.05) is 27.1 Å². The van der Waals surface area contributed by atoms with E-state index in [1.165, 1.54) is 63.7 Å². The largest absolute Gasteiger partial charge is 0.417 e. The van der Waals surface area contributed by atoms with Gasteiger partial charge in [-0.1, -0.05) is 91.0 Å². The molecule has 10 aromatic rings. The molecule has 72 heavy (non-hydrogen) atoms. The number of rotatable bonds is 5. The zero-order valence-electron chi connectivity index (χ0n) is 36.0. The summed E-state index contributed by atoms with van der Waals surface area (Å²) < 4.78 is 216. The Hall–Kier alpha value is -8.20. The molecule has 8 aromatic carbocycles. The van der Waals surface area contributed by atoms with E-state index >= 15 is 0 Å². The Kier molecular flexibility index (Phi) is 10.8. The van der Waals surface area contributed by atoms with Gasteiger partial charge in [-0.25, -0.2) is 0 Å². The normalized spacial score (nSPS) is 12.9. The highest BCUT2D eigenvalue weighted by Gasteiger charge is 2.40. The zero-order valence-corrected chi connectivity index (χ0v) is 36.0. The van der Waals surface area contributed by atoms with Crippen molar-refractivity contribution in [2.24, 2.45) is 0 Å². The number of nitrogens with zero attached hydrogens (tertiary/aromatic N) is 3. The van der Waals surface area contributed by atoms with Gasteiger partial charge >= 0.3 is 30.9 Å². The van der Waals surface area contributed by atoms with Crippen LogP contribution in [-0.4, -0.2) is 9.13 Å². The molecule has 0 saturated carbocycles. The van der Waals surface area contributed by atoms with Gasteiger partial charge in [0.25, 0.3) is 0 Å². The van der Waals surface area contributed by atoms with E-state index in [9.17, 15) is 71.1 Å². The molecule has 2 heterocycles. The van der Waals surface area contributed by atoms with Gasteiger partial charge in [-0.2, -0.15) is 71.1 Å². The second-order valence-corrected chi connectivity index (χ2v) is 16.7. The monoisotopic (exact) mass is 1000 g/mol. The highest BCUT2D eigenvalue weighted by Crippen LogP contribution is 2.47. The molecule has 18 heteroatoms. The number of para-hydroxylation sites is 2. The summed E-state index contributed by atoms with van der Waals surface area (Å²) in [5, 5.41) is 13.1. The number of fused-ring (bicyclic) bond motifs is 6. The van der Waals surface area contributed by atoms with Crippen molar-refractivity contribution < 1.29 is 65.9 Å². The molecule has 10 rings (SSSR count). The van der Waals surface area contributed by atoms with Crippen molar-refractivity contribution in [3.8, 4) is 50.8 Å². The van der Waals surface area contributed by atoms with Crippen molar-refractivity contribution in [1.29, 1.82) is 5.26 Å². The highest BCUT2D eigenvalue weighted by atomic mass is 19.4. The molecule has 0 aliphatic carbocycles. The average Bonchev–Trinajstić information content (AvgIpc) is 3.83. The van der Waals surface area contributed by atoms with E-state index < -0.39 is 69.8 Å². The van der Waals surface area contributed by atoms with E-state index in [-0.39, 0.29) is 67.9 Å². The fourth-order valence-corrected chi connectivity index (χ4v) is 9.40. The van der Waals surface area contributed by atoms with Crippen LogP contribution in [0.15, 0.2) is 158 Å². The lowest BCUT2D eigenvalue weighted by Gasteiger charge is -2.21. The van der Waals surface area contributed by atoms with Crippen LogP contribution in [0.5, 0.6) is 0 Å². The minimum atomic E-state index is -5.29. The summed E-state index contributed by atoms with van der Waals surface area (Å²) >= 11 is 0. The highest BCUT2D eigenvalue weighted by molar-refractivity contribution is 6.13. The molecule has 0 fully saturated rings. The van der Waals surface area contributed by atoms with Crippen LogP contribution in [0.4, 0.5) is 65.9 Å². The molecule has 0 aliphatic heterocycles. The van der Waals surface area contributed by atoms with Crippen LogP contribution in [0.3, 0.4) is 0 Å². The topological polar surface area (TPSA) is 33.6 Å². The van der Waals surface area contributed by atoms with E-state index in [2.05, 4.69) is 6.07 Å². The van der Waals surface area contributed by atoms with E-state index in [0.717, 1.165) is 18.2 Å². The Bertz CT molecular complexity index is 3870. The lowest BCUT2D eigenvalue weighted by molar-refractivity contribution is -0.144.